The average Bonchev–Trinajstić information content (AvgIpc) is 3.08. The van der Waals surface area contributed by atoms with Gasteiger partial charge in [0.25, 0.3) is 0 Å². The summed E-state index contributed by atoms with van der Waals surface area (Å²) >= 11 is 0. The minimum Gasteiger partial charge on any atom is -0.465 e. The van der Waals surface area contributed by atoms with E-state index in [2.05, 4.69) is 55.3 Å². The van der Waals surface area contributed by atoms with Gasteiger partial charge in [0, 0.05) is 25.0 Å². The molecule has 0 aromatic heterocycles. The molecule has 1 heterocycles. The predicted molar refractivity (Wildman–Crippen MR) is 86.7 cm³/mol. The second-order valence-electron chi connectivity index (χ2n) is 7.97. The Balaban J connectivity index is 1.78. The summed E-state index contributed by atoms with van der Waals surface area (Å²) in [4.78, 5) is 13.7. The van der Waals surface area contributed by atoms with Crippen LogP contribution in [0.3, 0.4) is 0 Å². The Morgan fingerprint density at radius 2 is 2.00 bits per heavy atom. The minimum atomic E-state index is -0.886. The Morgan fingerprint density at radius 1 is 1.32 bits per heavy atom. The molecular formula is C18H26N2O2. The summed E-state index contributed by atoms with van der Waals surface area (Å²) in [6.45, 7) is 9.58. The maximum absolute atomic E-state index is 11.2. The fourth-order valence-corrected chi connectivity index (χ4v) is 4.44. The normalized spacial score (nSPS) is 31.4. The summed E-state index contributed by atoms with van der Waals surface area (Å²) in [5.74, 6) is 0. The topological polar surface area (TPSA) is 52.6 Å². The zero-order valence-corrected chi connectivity index (χ0v) is 13.7. The number of rotatable bonds is 3. The lowest BCUT2D eigenvalue weighted by Crippen LogP contribution is -2.54. The molecule has 3 rings (SSSR count). The van der Waals surface area contributed by atoms with Gasteiger partial charge in [-0.05, 0) is 23.8 Å². The molecule has 2 unspecified atom stereocenters. The third kappa shape index (κ3) is 2.39. The van der Waals surface area contributed by atoms with Crippen molar-refractivity contribution in [1.82, 2.24) is 10.2 Å². The number of nitrogens with one attached hydrogen (secondary N) is 1. The number of hydrogen-bond acceptors (Lipinski definition) is 2. The molecule has 1 aliphatic heterocycles. The molecule has 4 heteroatoms. The highest BCUT2D eigenvalue weighted by molar-refractivity contribution is 5.67. The monoisotopic (exact) mass is 302 g/mol. The van der Waals surface area contributed by atoms with Crippen LogP contribution in [0.5, 0.6) is 0 Å². The minimum absolute atomic E-state index is 0.0470. The van der Waals surface area contributed by atoms with Crippen molar-refractivity contribution in [2.45, 2.75) is 45.7 Å². The standard InChI is InChI=1S/C18H26N2O2/c1-16(2,3)17-12-18(17,19-15(21)22)9-10-20(13-17)11-14-7-5-4-6-8-14/h4-8,19H,9-13H2,1-3H3,(H,21,22). The molecule has 1 saturated carbocycles. The van der Waals surface area contributed by atoms with Crippen molar-refractivity contribution in [3.63, 3.8) is 0 Å². The highest BCUT2D eigenvalue weighted by atomic mass is 16.4. The number of benzene rings is 1. The summed E-state index contributed by atoms with van der Waals surface area (Å²) in [5, 5.41) is 12.1. The van der Waals surface area contributed by atoms with Crippen LogP contribution in [-0.2, 0) is 6.54 Å². The van der Waals surface area contributed by atoms with Crippen molar-refractivity contribution in [3.05, 3.63) is 35.9 Å². The van der Waals surface area contributed by atoms with Crippen LogP contribution in [0.25, 0.3) is 0 Å². The number of piperidine rings is 1. The molecule has 2 fully saturated rings. The second kappa shape index (κ2) is 4.98. The number of carbonyl (C=O) groups is 1. The maximum atomic E-state index is 11.2. The molecule has 22 heavy (non-hydrogen) atoms. The first-order valence-electron chi connectivity index (χ1n) is 8.05. The molecule has 0 spiro atoms. The highest BCUT2D eigenvalue weighted by Crippen LogP contribution is 2.69. The summed E-state index contributed by atoms with van der Waals surface area (Å²) < 4.78 is 0. The molecule has 1 saturated heterocycles. The largest absolute Gasteiger partial charge is 0.465 e. The van der Waals surface area contributed by atoms with Gasteiger partial charge in [0.15, 0.2) is 0 Å². The van der Waals surface area contributed by atoms with E-state index in [1.807, 2.05) is 6.07 Å². The van der Waals surface area contributed by atoms with Gasteiger partial charge in [-0.2, -0.15) is 0 Å². The lowest BCUT2D eigenvalue weighted by atomic mass is 9.72. The van der Waals surface area contributed by atoms with Gasteiger partial charge in [0.1, 0.15) is 0 Å². The average molecular weight is 302 g/mol. The van der Waals surface area contributed by atoms with E-state index in [0.29, 0.717) is 0 Å². The molecule has 120 valence electrons. The van der Waals surface area contributed by atoms with Crippen LogP contribution in [0.4, 0.5) is 4.79 Å². The summed E-state index contributed by atoms with van der Waals surface area (Å²) in [7, 11) is 0. The molecule has 1 aromatic carbocycles. The van der Waals surface area contributed by atoms with E-state index in [0.717, 1.165) is 32.5 Å². The first-order valence-corrected chi connectivity index (χ1v) is 8.05. The first-order chi connectivity index (χ1) is 10.3. The Kier molecular flexibility index (Phi) is 3.48. The quantitative estimate of drug-likeness (QED) is 0.900. The molecule has 4 nitrogen and oxygen atoms in total. The SMILES string of the molecule is CC(C)(C)C12CN(Cc3ccccc3)CCC1(NC(=O)O)C2. The molecule has 0 radical (unpaired) electrons. The van der Waals surface area contributed by atoms with E-state index in [1.165, 1.54) is 5.56 Å². The van der Waals surface area contributed by atoms with E-state index in [1.54, 1.807) is 0 Å². The predicted octanol–water partition coefficient (Wildman–Crippen LogP) is 3.33. The third-order valence-corrected chi connectivity index (χ3v) is 5.77. The van der Waals surface area contributed by atoms with E-state index in [9.17, 15) is 9.90 Å². The van der Waals surface area contributed by atoms with Crippen LogP contribution in [0.1, 0.15) is 39.2 Å². The van der Waals surface area contributed by atoms with Crippen molar-refractivity contribution in [1.29, 1.82) is 0 Å². The van der Waals surface area contributed by atoms with Crippen molar-refractivity contribution in [2.24, 2.45) is 10.8 Å². The summed E-state index contributed by atoms with van der Waals surface area (Å²) in [5.41, 5.74) is 1.24. The van der Waals surface area contributed by atoms with Crippen molar-refractivity contribution in [3.8, 4) is 0 Å². The van der Waals surface area contributed by atoms with Crippen LogP contribution in [0, 0.1) is 10.8 Å². The van der Waals surface area contributed by atoms with Crippen molar-refractivity contribution >= 4 is 6.09 Å². The fourth-order valence-electron chi connectivity index (χ4n) is 4.44. The Morgan fingerprint density at radius 3 is 2.59 bits per heavy atom. The Hall–Kier alpha value is -1.55. The number of likely N-dealkylation sites (tertiary alicyclic amines) is 1. The number of amides is 1. The van der Waals surface area contributed by atoms with Gasteiger partial charge in [-0.25, -0.2) is 4.79 Å². The molecule has 0 bridgehead atoms. The van der Waals surface area contributed by atoms with Gasteiger partial charge < -0.3 is 10.4 Å². The van der Waals surface area contributed by atoms with Crippen molar-refractivity contribution < 1.29 is 9.90 Å². The number of fused-ring (bicyclic) bond motifs is 1. The van der Waals surface area contributed by atoms with E-state index < -0.39 is 6.09 Å². The highest BCUT2D eigenvalue weighted by Gasteiger charge is 2.74. The number of carboxylic acid groups (broad SMARTS) is 1. The third-order valence-electron chi connectivity index (χ3n) is 5.77. The van der Waals surface area contributed by atoms with Crippen LogP contribution in [0.15, 0.2) is 30.3 Å². The lowest BCUT2D eigenvalue weighted by molar-refractivity contribution is 0.0543. The van der Waals surface area contributed by atoms with Gasteiger partial charge >= 0.3 is 6.09 Å². The van der Waals surface area contributed by atoms with Gasteiger partial charge in [0.05, 0.1) is 5.54 Å². The molecule has 2 N–H and O–H groups in total. The summed E-state index contributed by atoms with van der Waals surface area (Å²) in [6, 6.07) is 10.5. The van der Waals surface area contributed by atoms with Crippen LogP contribution < -0.4 is 5.32 Å². The second-order valence-corrected chi connectivity index (χ2v) is 7.97. The molecule has 1 aliphatic carbocycles. The molecule has 2 aliphatic rings. The van der Waals surface area contributed by atoms with E-state index in [4.69, 9.17) is 0 Å². The van der Waals surface area contributed by atoms with Gasteiger partial charge in [-0.15, -0.1) is 0 Å². The zero-order valence-electron chi connectivity index (χ0n) is 13.7. The zero-order chi connectivity index (χ0) is 16.0. The molecule has 2 atom stereocenters. The molecule has 1 amide bonds. The fraction of sp³-hybridized carbons (Fsp3) is 0.611. The van der Waals surface area contributed by atoms with Crippen LogP contribution >= 0.6 is 0 Å². The van der Waals surface area contributed by atoms with E-state index in [-0.39, 0.29) is 16.4 Å². The van der Waals surface area contributed by atoms with Crippen LogP contribution in [-0.4, -0.2) is 34.7 Å². The van der Waals surface area contributed by atoms with Gasteiger partial charge in [0.2, 0.25) is 0 Å². The Bertz CT molecular complexity index is 566. The smallest absolute Gasteiger partial charge is 0.405 e. The van der Waals surface area contributed by atoms with Crippen LogP contribution in [0.2, 0.25) is 0 Å². The number of nitrogens with zero attached hydrogens (tertiary/aromatic N) is 1. The van der Waals surface area contributed by atoms with Gasteiger partial charge in [-0.3, -0.25) is 4.90 Å². The maximum Gasteiger partial charge on any atom is 0.405 e. The van der Waals surface area contributed by atoms with E-state index >= 15 is 0 Å². The molecular weight excluding hydrogens is 276 g/mol. The lowest BCUT2D eigenvalue weighted by Gasteiger charge is -2.44. The van der Waals surface area contributed by atoms with Crippen molar-refractivity contribution in [2.75, 3.05) is 13.1 Å². The number of hydrogen-bond donors (Lipinski definition) is 2. The first kappa shape index (κ1) is 15.3. The van der Waals surface area contributed by atoms with Gasteiger partial charge in [-0.1, -0.05) is 51.1 Å². The summed E-state index contributed by atoms with van der Waals surface area (Å²) in [6.07, 6.45) is 0.979. The molecule has 1 aromatic rings. The Labute approximate surface area is 132 Å².